The number of fused-ring (bicyclic) bond motifs is 1. The number of aliphatic imine (C=N–C) groups is 1. The number of carbonyl (C=O) groups is 1. The lowest BCUT2D eigenvalue weighted by Crippen LogP contribution is -2.31. The monoisotopic (exact) mass is 371 g/mol. The van der Waals surface area contributed by atoms with Crippen molar-refractivity contribution in [2.24, 2.45) is 10.9 Å². The number of nitrogens with one attached hydrogen (secondary N) is 2. The van der Waals surface area contributed by atoms with Crippen LogP contribution < -0.4 is 10.0 Å². The molecule has 1 aliphatic heterocycles. The van der Waals surface area contributed by atoms with Crippen LogP contribution in [0.1, 0.15) is 25.8 Å². The van der Waals surface area contributed by atoms with Crippen LogP contribution in [0.5, 0.6) is 0 Å². The van der Waals surface area contributed by atoms with Gasteiger partial charge in [-0.15, -0.1) is 0 Å². The number of rotatable bonds is 5. The second-order valence-electron chi connectivity index (χ2n) is 6.58. The molecule has 0 aromatic heterocycles. The third-order valence-corrected chi connectivity index (χ3v) is 5.38. The number of amidine groups is 1. The third-order valence-electron chi connectivity index (χ3n) is 3.99. The minimum Gasteiger partial charge on any atom is -0.324 e. The van der Waals surface area contributed by atoms with Gasteiger partial charge in [-0.1, -0.05) is 44.2 Å². The molecule has 2 N–H and O–H groups in total. The number of amides is 1. The van der Waals surface area contributed by atoms with Crippen LogP contribution >= 0.6 is 0 Å². The summed E-state index contributed by atoms with van der Waals surface area (Å²) < 4.78 is 26.9. The van der Waals surface area contributed by atoms with Gasteiger partial charge < -0.3 is 5.32 Å². The van der Waals surface area contributed by atoms with Crippen molar-refractivity contribution in [3.63, 3.8) is 0 Å². The minimum absolute atomic E-state index is 0.186. The van der Waals surface area contributed by atoms with E-state index in [0.29, 0.717) is 17.7 Å². The normalized spacial score (nSPS) is 17.6. The molecule has 2 aromatic rings. The summed E-state index contributed by atoms with van der Waals surface area (Å²) in [5, 5.41) is 2.84. The number of para-hydroxylation sites is 1. The van der Waals surface area contributed by atoms with Gasteiger partial charge in [0, 0.05) is 11.3 Å². The number of benzene rings is 2. The number of sulfonamides is 1. The van der Waals surface area contributed by atoms with Gasteiger partial charge in [0.1, 0.15) is 11.9 Å². The maximum atomic E-state index is 12.7. The number of hydrogen-bond acceptors (Lipinski definition) is 4. The molecule has 0 saturated carbocycles. The predicted molar refractivity (Wildman–Crippen MR) is 102 cm³/mol. The molecule has 0 radical (unpaired) electrons. The minimum atomic E-state index is -3.63. The van der Waals surface area contributed by atoms with E-state index >= 15 is 0 Å². The van der Waals surface area contributed by atoms with Gasteiger partial charge >= 0.3 is 0 Å². The Hall–Kier alpha value is -2.67. The fourth-order valence-corrected chi connectivity index (χ4v) is 4.04. The van der Waals surface area contributed by atoms with Crippen LogP contribution in [0.2, 0.25) is 0 Å². The molecule has 26 heavy (non-hydrogen) atoms. The predicted octanol–water partition coefficient (Wildman–Crippen LogP) is 2.78. The molecule has 0 aliphatic carbocycles. The summed E-state index contributed by atoms with van der Waals surface area (Å²) in [6, 6.07) is 15.1. The highest BCUT2D eigenvalue weighted by molar-refractivity contribution is 7.90. The molecular formula is C19H21N3O3S. The lowest BCUT2D eigenvalue weighted by atomic mass is 10.0. The quantitative estimate of drug-likeness (QED) is 0.847. The summed E-state index contributed by atoms with van der Waals surface area (Å²) in [6.07, 6.45) is 0.506. The molecular weight excluding hydrogens is 350 g/mol. The Morgan fingerprint density at radius 2 is 1.73 bits per heavy atom. The van der Waals surface area contributed by atoms with Gasteiger partial charge in [-0.25, -0.2) is 8.42 Å². The zero-order valence-corrected chi connectivity index (χ0v) is 15.5. The van der Waals surface area contributed by atoms with Gasteiger partial charge in [-0.05, 0) is 36.6 Å². The largest absolute Gasteiger partial charge is 0.324 e. The van der Waals surface area contributed by atoms with Crippen molar-refractivity contribution in [2.45, 2.75) is 31.2 Å². The fraction of sp³-hybridized carbons (Fsp3) is 0.263. The van der Waals surface area contributed by atoms with Crippen LogP contribution in [-0.2, 0) is 14.8 Å². The van der Waals surface area contributed by atoms with Crippen molar-refractivity contribution in [1.29, 1.82) is 0 Å². The van der Waals surface area contributed by atoms with E-state index in [1.54, 1.807) is 30.3 Å². The van der Waals surface area contributed by atoms with Crippen LogP contribution in [0.4, 0.5) is 5.69 Å². The Morgan fingerprint density at radius 3 is 2.42 bits per heavy atom. The highest BCUT2D eigenvalue weighted by Crippen LogP contribution is 2.23. The second kappa shape index (κ2) is 7.29. The first-order valence-electron chi connectivity index (χ1n) is 8.43. The van der Waals surface area contributed by atoms with Gasteiger partial charge in [0.2, 0.25) is 5.91 Å². The number of anilines is 1. The average molecular weight is 371 g/mol. The van der Waals surface area contributed by atoms with Crippen LogP contribution in [0.15, 0.2) is 64.5 Å². The maximum Gasteiger partial charge on any atom is 0.263 e. The van der Waals surface area contributed by atoms with Crippen LogP contribution in [-0.4, -0.2) is 26.2 Å². The molecule has 1 heterocycles. The smallest absolute Gasteiger partial charge is 0.263 e. The lowest BCUT2D eigenvalue weighted by Gasteiger charge is -2.16. The standard InChI is InChI=1S/C19H21N3O3S/c1-13(2)12-16(19(23)20-14-8-4-3-5-9-14)21-18-15-10-6-7-11-17(15)26(24,25)22-18/h3-11,13,16H,12H2,1-2H3,(H,20,23)(H,21,22)/t16-/m0/s1. The van der Waals surface area contributed by atoms with E-state index in [9.17, 15) is 13.2 Å². The summed E-state index contributed by atoms with van der Waals surface area (Å²) >= 11 is 0. The summed E-state index contributed by atoms with van der Waals surface area (Å²) in [6.45, 7) is 3.99. The summed E-state index contributed by atoms with van der Waals surface area (Å²) in [5.74, 6) is 0.176. The molecule has 136 valence electrons. The van der Waals surface area contributed by atoms with Crippen molar-refractivity contribution in [1.82, 2.24) is 4.72 Å². The summed E-state index contributed by atoms with van der Waals surface area (Å²) in [5.41, 5.74) is 1.17. The number of nitrogens with zero attached hydrogens (tertiary/aromatic N) is 1. The summed E-state index contributed by atoms with van der Waals surface area (Å²) in [4.78, 5) is 17.4. The van der Waals surface area contributed by atoms with Gasteiger partial charge in [0.15, 0.2) is 0 Å². The van der Waals surface area contributed by atoms with Gasteiger partial charge in [0.25, 0.3) is 10.0 Å². The van der Waals surface area contributed by atoms with Crippen LogP contribution in [0, 0.1) is 5.92 Å². The van der Waals surface area contributed by atoms with Crippen molar-refractivity contribution < 1.29 is 13.2 Å². The van der Waals surface area contributed by atoms with Crippen LogP contribution in [0.25, 0.3) is 0 Å². The molecule has 1 atom stereocenters. The molecule has 6 nitrogen and oxygen atoms in total. The maximum absolute atomic E-state index is 12.7. The second-order valence-corrected chi connectivity index (χ2v) is 8.23. The van der Waals surface area contributed by atoms with E-state index in [1.807, 2.05) is 32.0 Å². The van der Waals surface area contributed by atoms with Gasteiger partial charge in [-0.3, -0.25) is 14.5 Å². The first-order valence-corrected chi connectivity index (χ1v) is 9.91. The van der Waals surface area contributed by atoms with E-state index in [0.717, 1.165) is 0 Å². The van der Waals surface area contributed by atoms with Crippen molar-refractivity contribution in [3.8, 4) is 0 Å². The summed E-state index contributed by atoms with van der Waals surface area (Å²) in [7, 11) is -3.63. The molecule has 1 amide bonds. The molecule has 0 spiro atoms. The molecule has 7 heteroatoms. The fourth-order valence-electron chi connectivity index (χ4n) is 2.80. The Morgan fingerprint density at radius 1 is 1.08 bits per heavy atom. The average Bonchev–Trinajstić information content (AvgIpc) is 2.86. The SMILES string of the molecule is CC(C)C[C@H](N=C1NS(=O)(=O)c2ccccc21)C(=O)Nc1ccccc1. The zero-order chi connectivity index (χ0) is 18.7. The molecule has 0 bridgehead atoms. The van der Waals surface area contributed by atoms with E-state index in [2.05, 4.69) is 15.0 Å². The van der Waals surface area contributed by atoms with E-state index in [1.165, 1.54) is 6.07 Å². The highest BCUT2D eigenvalue weighted by Gasteiger charge is 2.32. The van der Waals surface area contributed by atoms with Gasteiger partial charge in [0.05, 0.1) is 4.90 Å². The molecule has 0 fully saturated rings. The highest BCUT2D eigenvalue weighted by atomic mass is 32.2. The van der Waals surface area contributed by atoms with E-state index in [-0.39, 0.29) is 22.6 Å². The van der Waals surface area contributed by atoms with Crippen LogP contribution in [0.3, 0.4) is 0 Å². The number of hydrogen-bond donors (Lipinski definition) is 2. The lowest BCUT2D eigenvalue weighted by molar-refractivity contribution is -0.117. The van der Waals surface area contributed by atoms with Gasteiger partial charge in [-0.2, -0.15) is 0 Å². The first kappa shape index (κ1) is 18.1. The molecule has 3 rings (SSSR count). The van der Waals surface area contributed by atoms with Crippen molar-refractivity contribution in [3.05, 3.63) is 60.2 Å². The first-order chi connectivity index (χ1) is 12.4. The third kappa shape index (κ3) is 3.94. The van der Waals surface area contributed by atoms with E-state index in [4.69, 9.17) is 0 Å². The Bertz CT molecular complexity index is 938. The van der Waals surface area contributed by atoms with Crippen molar-refractivity contribution in [2.75, 3.05) is 5.32 Å². The van der Waals surface area contributed by atoms with E-state index < -0.39 is 16.1 Å². The Labute approximate surface area is 153 Å². The zero-order valence-electron chi connectivity index (χ0n) is 14.6. The number of carbonyl (C=O) groups excluding carboxylic acids is 1. The Balaban J connectivity index is 1.92. The Kier molecular flexibility index (Phi) is 5.08. The topological polar surface area (TPSA) is 87.6 Å². The molecule has 0 unspecified atom stereocenters. The molecule has 2 aromatic carbocycles. The molecule has 1 aliphatic rings. The van der Waals surface area contributed by atoms with Crippen molar-refractivity contribution >= 4 is 27.5 Å². The molecule has 0 saturated heterocycles.